The van der Waals surface area contributed by atoms with E-state index in [1.54, 1.807) is 0 Å². The fraction of sp³-hybridized carbons (Fsp3) is 0.190. The molecule has 0 bridgehead atoms. The lowest BCUT2D eigenvalue weighted by Crippen LogP contribution is -2.28. The first kappa shape index (κ1) is 25.1. The van der Waals surface area contributed by atoms with E-state index in [1.165, 1.54) is 43.3 Å². The van der Waals surface area contributed by atoms with Crippen LogP contribution in [0.2, 0.25) is 0 Å². The summed E-state index contributed by atoms with van der Waals surface area (Å²) in [7, 11) is -6.04. The van der Waals surface area contributed by atoms with Crippen LogP contribution in [0, 0.1) is 0 Å². The molecule has 182 valence electrons. The third kappa shape index (κ3) is 5.71. The highest BCUT2D eigenvalue weighted by molar-refractivity contribution is 7.88. The molecule has 0 N–H and O–H groups in total. The summed E-state index contributed by atoms with van der Waals surface area (Å²) in [5, 5.41) is 0.0488. The maximum atomic E-state index is 12.8. The SMILES string of the molecule is CCOC(=O)c1cc(OS(=O)(=O)C(F)(F)F)c2ccc(-c3ccc(OC(F)(F)F)cc3)cc2c1. The van der Waals surface area contributed by atoms with Crippen LogP contribution in [0.15, 0.2) is 54.6 Å². The van der Waals surface area contributed by atoms with Crippen molar-refractivity contribution >= 4 is 26.9 Å². The number of carbonyl (C=O) groups excluding carboxylic acids is 1. The van der Waals surface area contributed by atoms with Crippen LogP contribution in [0.25, 0.3) is 21.9 Å². The van der Waals surface area contributed by atoms with Gasteiger partial charge in [0, 0.05) is 5.39 Å². The molecule has 34 heavy (non-hydrogen) atoms. The lowest BCUT2D eigenvalue weighted by Gasteiger charge is -2.14. The maximum Gasteiger partial charge on any atom is 0.573 e. The number of ether oxygens (including phenoxy) is 2. The van der Waals surface area contributed by atoms with Gasteiger partial charge in [-0.15, -0.1) is 13.2 Å². The summed E-state index contributed by atoms with van der Waals surface area (Å²) < 4.78 is 111. The van der Waals surface area contributed by atoms with E-state index in [1.807, 2.05) is 0 Å². The van der Waals surface area contributed by atoms with Gasteiger partial charge in [-0.05, 0) is 59.8 Å². The minimum Gasteiger partial charge on any atom is -0.462 e. The Hall–Kier alpha value is -3.48. The average molecular weight is 508 g/mol. The van der Waals surface area contributed by atoms with E-state index in [4.69, 9.17) is 4.74 Å². The quantitative estimate of drug-likeness (QED) is 0.181. The molecule has 0 unspecified atom stereocenters. The summed E-state index contributed by atoms with van der Waals surface area (Å²) in [6, 6.07) is 10.8. The van der Waals surface area contributed by atoms with E-state index in [9.17, 15) is 39.6 Å². The van der Waals surface area contributed by atoms with Gasteiger partial charge in [0.05, 0.1) is 12.2 Å². The minimum atomic E-state index is -6.04. The number of hydrogen-bond acceptors (Lipinski definition) is 6. The minimum absolute atomic E-state index is 0.0553. The van der Waals surface area contributed by atoms with Crippen molar-refractivity contribution in [1.29, 1.82) is 0 Å². The molecule has 0 aliphatic heterocycles. The van der Waals surface area contributed by atoms with Crippen LogP contribution in [0.1, 0.15) is 17.3 Å². The fourth-order valence-electron chi connectivity index (χ4n) is 2.93. The normalized spacial score (nSPS) is 12.4. The van der Waals surface area contributed by atoms with Crippen molar-refractivity contribution in [3.63, 3.8) is 0 Å². The Labute approximate surface area is 188 Å². The van der Waals surface area contributed by atoms with Crippen molar-refractivity contribution in [1.82, 2.24) is 0 Å². The van der Waals surface area contributed by atoms with Gasteiger partial charge in [0.15, 0.2) is 5.75 Å². The molecule has 0 fully saturated rings. The standard InChI is InChI=1S/C21H14F6O6S/c1-2-31-19(28)15-10-14-9-13(12-3-6-16(7-4-12)32-20(22,23)24)5-8-17(14)18(11-15)33-34(29,30)21(25,26)27/h3-11H,2H2,1H3. The highest BCUT2D eigenvalue weighted by atomic mass is 32.2. The summed E-state index contributed by atoms with van der Waals surface area (Å²) in [5.41, 5.74) is -5.17. The lowest BCUT2D eigenvalue weighted by atomic mass is 9.99. The second kappa shape index (κ2) is 9.05. The zero-order chi connectivity index (χ0) is 25.3. The molecule has 6 nitrogen and oxygen atoms in total. The van der Waals surface area contributed by atoms with Crippen LogP contribution in [0.5, 0.6) is 11.5 Å². The number of rotatable bonds is 6. The van der Waals surface area contributed by atoms with E-state index in [-0.39, 0.29) is 22.9 Å². The third-order valence-electron chi connectivity index (χ3n) is 4.33. The molecular formula is C21H14F6O6S. The molecule has 0 aliphatic carbocycles. The number of benzene rings is 3. The number of esters is 1. The van der Waals surface area contributed by atoms with Gasteiger partial charge in [0.25, 0.3) is 0 Å². The van der Waals surface area contributed by atoms with Crippen LogP contribution in [-0.2, 0) is 14.9 Å². The molecule has 3 aromatic carbocycles. The lowest BCUT2D eigenvalue weighted by molar-refractivity contribution is -0.274. The molecule has 3 rings (SSSR count). The van der Waals surface area contributed by atoms with Gasteiger partial charge >= 0.3 is 28.0 Å². The topological polar surface area (TPSA) is 78.9 Å². The second-order valence-corrected chi connectivity index (χ2v) is 8.22. The van der Waals surface area contributed by atoms with E-state index in [0.29, 0.717) is 11.1 Å². The van der Waals surface area contributed by atoms with Crippen LogP contribution in [0.4, 0.5) is 26.3 Å². The van der Waals surface area contributed by atoms with Crippen LogP contribution < -0.4 is 8.92 Å². The van der Waals surface area contributed by atoms with Crippen molar-refractivity contribution in [2.24, 2.45) is 0 Å². The van der Waals surface area contributed by atoms with Crippen molar-refractivity contribution in [2.75, 3.05) is 6.61 Å². The smallest absolute Gasteiger partial charge is 0.462 e. The summed E-state index contributed by atoms with van der Waals surface area (Å²) in [5.74, 6) is -2.15. The van der Waals surface area contributed by atoms with Gasteiger partial charge in [-0.2, -0.15) is 21.6 Å². The third-order valence-corrected chi connectivity index (χ3v) is 5.30. The second-order valence-electron chi connectivity index (χ2n) is 6.69. The molecule has 0 atom stereocenters. The Bertz CT molecular complexity index is 1310. The summed E-state index contributed by atoms with van der Waals surface area (Å²) in [6.45, 7) is 1.44. The Morgan fingerprint density at radius 3 is 2.06 bits per heavy atom. The predicted octanol–water partition coefficient (Wildman–Crippen LogP) is 5.81. The summed E-state index contributed by atoms with van der Waals surface area (Å²) in [6.07, 6.45) is -4.87. The Morgan fingerprint density at radius 1 is 0.882 bits per heavy atom. The van der Waals surface area contributed by atoms with Crippen molar-refractivity contribution in [2.45, 2.75) is 18.8 Å². The van der Waals surface area contributed by atoms with E-state index >= 15 is 0 Å². The summed E-state index contributed by atoms with van der Waals surface area (Å²) in [4.78, 5) is 12.2. The number of hydrogen-bond donors (Lipinski definition) is 0. The average Bonchev–Trinajstić information content (AvgIpc) is 2.71. The molecule has 0 spiro atoms. The van der Waals surface area contributed by atoms with Gasteiger partial charge < -0.3 is 13.7 Å². The number of alkyl halides is 6. The number of fused-ring (bicyclic) bond motifs is 1. The molecule has 0 saturated carbocycles. The zero-order valence-corrected chi connectivity index (χ0v) is 17.8. The molecule has 0 heterocycles. The molecule has 0 radical (unpaired) electrons. The zero-order valence-electron chi connectivity index (χ0n) is 17.0. The van der Waals surface area contributed by atoms with E-state index < -0.39 is 39.5 Å². The van der Waals surface area contributed by atoms with Crippen molar-refractivity contribution < 1.29 is 53.2 Å². The monoisotopic (exact) mass is 508 g/mol. The highest BCUT2D eigenvalue weighted by Crippen LogP contribution is 2.36. The van der Waals surface area contributed by atoms with E-state index in [0.717, 1.165) is 18.2 Å². The number of carbonyl (C=O) groups is 1. The maximum absolute atomic E-state index is 12.8. The molecule has 13 heteroatoms. The molecule has 0 aliphatic rings. The van der Waals surface area contributed by atoms with Gasteiger partial charge in [-0.25, -0.2) is 4.79 Å². The highest BCUT2D eigenvalue weighted by Gasteiger charge is 2.48. The fourth-order valence-corrected chi connectivity index (χ4v) is 3.40. The molecule has 0 amide bonds. The summed E-state index contributed by atoms with van der Waals surface area (Å²) >= 11 is 0. The van der Waals surface area contributed by atoms with Crippen LogP contribution >= 0.6 is 0 Å². The largest absolute Gasteiger partial charge is 0.573 e. The first-order valence-corrected chi connectivity index (χ1v) is 10.7. The number of halogens is 6. The first-order valence-electron chi connectivity index (χ1n) is 9.32. The van der Waals surface area contributed by atoms with Gasteiger partial charge in [0.2, 0.25) is 0 Å². The van der Waals surface area contributed by atoms with Crippen molar-refractivity contribution in [3.05, 3.63) is 60.2 Å². The molecule has 3 aromatic rings. The van der Waals surface area contributed by atoms with Crippen molar-refractivity contribution in [3.8, 4) is 22.6 Å². The van der Waals surface area contributed by atoms with Gasteiger partial charge in [-0.3, -0.25) is 0 Å². The Kier molecular flexibility index (Phi) is 6.69. The van der Waals surface area contributed by atoms with Crippen LogP contribution in [-0.4, -0.2) is 32.9 Å². The first-order chi connectivity index (χ1) is 15.7. The predicted molar refractivity (Wildman–Crippen MR) is 108 cm³/mol. The van der Waals surface area contributed by atoms with E-state index in [2.05, 4.69) is 8.92 Å². The molecule has 0 aromatic heterocycles. The Morgan fingerprint density at radius 2 is 1.50 bits per heavy atom. The Balaban J connectivity index is 2.09. The van der Waals surface area contributed by atoms with Crippen LogP contribution in [0.3, 0.4) is 0 Å². The van der Waals surface area contributed by atoms with Gasteiger partial charge in [0.1, 0.15) is 5.75 Å². The molecule has 0 saturated heterocycles. The van der Waals surface area contributed by atoms with Gasteiger partial charge in [-0.1, -0.05) is 18.2 Å². The molecular weight excluding hydrogens is 494 g/mol.